The number of hydrogen-bond donors (Lipinski definition) is 2. The van der Waals surface area contributed by atoms with Crippen LogP contribution in [0.15, 0.2) is 48.5 Å². The van der Waals surface area contributed by atoms with Crippen molar-refractivity contribution in [3.05, 3.63) is 59.1 Å². The molecule has 0 spiro atoms. The van der Waals surface area contributed by atoms with Crippen molar-refractivity contribution in [3.63, 3.8) is 0 Å². The zero-order valence-corrected chi connectivity index (χ0v) is 16.4. The number of methoxy groups -OCH3 is 1. The van der Waals surface area contributed by atoms with Crippen molar-refractivity contribution in [2.45, 2.75) is 37.8 Å². The number of anilines is 1. The van der Waals surface area contributed by atoms with Crippen molar-refractivity contribution in [3.8, 4) is 5.75 Å². The van der Waals surface area contributed by atoms with Gasteiger partial charge in [0, 0.05) is 23.2 Å². The van der Waals surface area contributed by atoms with Gasteiger partial charge < -0.3 is 14.8 Å². The maximum absolute atomic E-state index is 12.6. The topological polar surface area (TPSA) is 76.7 Å². The first-order valence-corrected chi connectivity index (χ1v) is 9.60. The Morgan fingerprint density at radius 1 is 1.11 bits per heavy atom. The van der Waals surface area contributed by atoms with Gasteiger partial charge in [-0.25, -0.2) is 4.79 Å². The van der Waals surface area contributed by atoms with Gasteiger partial charge in [-0.3, -0.25) is 10.1 Å². The van der Waals surface area contributed by atoms with E-state index in [0.29, 0.717) is 28.4 Å². The molecule has 2 unspecified atom stereocenters. The van der Waals surface area contributed by atoms with E-state index < -0.39 is 6.09 Å². The number of benzene rings is 2. The number of hydrogen-bond acceptors (Lipinski definition) is 4. The molecule has 1 aliphatic carbocycles. The van der Waals surface area contributed by atoms with Crippen LogP contribution in [0.1, 0.15) is 36.0 Å². The number of nitrogens with one attached hydrogen (secondary N) is 2. The summed E-state index contributed by atoms with van der Waals surface area (Å²) in [6, 6.07) is 14.0. The van der Waals surface area contributed by atoms with Crippen LogP contribution < -0.4 is 15.4 Å². The summed E-state index contributed by atoms with van der Waals surface area (Å²) in [5, 5.41) is 6.18. The van der Waals surface area contributed by atoms with Crippen molar-refractivity contribution in [2.75, 3.05) is 12.4 Å². The Labute approximate surface area is 169 Å². The number of amides is 2. The lowest BCUT2D eigenvalue weighted by Gasteiger charge is -2.29. The van der Waals surface area contributed by atoms with E-state index >= 15 is 0 Å². The van der Waals surface area contributed by atoms with Crippen LogP contribution >= 0.6 is 11.6 Å². The molecule has 0 heterocycles. The van der Waals surface area contributed by atoms with Crippen molar-refractivity contribution < 1.29 is 19.1 Å². The second-order valence-electron chi connectivity index (χ2n) is 6.70. The first-order valence-electron chi connectivity index (χ1n) is 9.22. The fourth-order valence-corrected chi connectivity index (χ4v) is 3.50. The Bertz CT molecular complexity index is 828. The maximum Gasteiger partial charge on any atom is 0.411 e. The van der Waals surface area contributed by atoms with E-state index in [4.69, 9.17) is 21.1 Å². The lowest BCUT2D eigenvalue weighted by atomic mass is 9.92. The third-order valence-corrected chi connectivity index (χ3v) is 4.90. The van der Waals surface area contributed by atoms with E-state index in [0.717, 1.165) is 19.3 Å². The molecule has 0 radical (unpaired) electrons. The number of carbonyl (C=O) groups is 2. The first kappa shape index (κ1) is 20.0. The van der Waals surface area contributed by atoms with Gasteiger partial charge in [0.05, 0.1) is 12.7 Å². The van der Waals surface area contributed by atoms with Gasteiger partial charge in [-0.05, 0) is 49.6 Å². The van der Waals surface area contributed by atoms with Crippen molar-refractivity contribution in [2.24, 2.45) is 0 Å². The van der Waals surface area contributed by atoms with Gasteiger partial charge in [-0.15, -0.1) is 0 Å². The average molecular weight is 403 g/mol. The second kappa shape index (κ2) is 9.46. The summed E-state index contributed by atoms with van der Waals surface area (Å²) in [5.41, 5.74) is 1.07. The summed E-state index contributed by atoms with van der Waals surface area (Å²) in [6.07, 6.45) is 2.30. The Morgan fingerprint density at radius 2 is 1.89 bits per heavy atom. The zero-order chi connectivity index (χ0) is 19.9. The molecule has 2 aromatic rings. The van der Waals surface area contributed by atoms with Gasteiger partial charge >= 0.3 is 6.09 Å². The summed E-state index contributed by atoms with van der Waals surface area (Å²) >= 11 is 6.01. The molecule has 148 valence electrons. The highest BCUT2D eigenvalue weighted by Gasteiger charge is 2.27. The van der Waals surface area contributed by atoms with Crippen molar-refractivity contribution in [1.82, 2.24) is 5.32 Å². The summed E-state index contributed by atoms with van der Waals surface area (Å²) in [4.78, 5) is 24.7. The fourth-order valence-electron chi connectivity index (χ4n) is 3.32. The first-order chi connectivity index (χ1) is 13.5. The molecule has 2 aromatic carbocycles. The quantitative estimate of drug-likeness (QED) is 0.763. The van der Waals surface area contributed by atoms with Gasteiger partial charge in [-0.2, -0.15) is 0 Å². The fraction of sp³-hybridized carbons (Fsp3) is 0.333. The van der Waals surface area contributed by atoms with Crippen LogP contribution in [0.3, 0.4) is 0 Å². The Morgan fingerprint density at radius 3 is 2.64 bits per heavy atom. The van der Waals surface area contributed by atoms with Gasteiger partial charge in [0.2, 0.25) is 0 Å². The smallest absolute Gasteiger partial charge is 0.411 e. The molecule has 2 amide bonds. The van der Waals surface area contributed by atoms with Crippen LogP contribution in [0.2, 0.25) is 5.02 Å². The Hall–Kier alpha value is -2.73. The minimum atomic E-state index is -0.486. The summed E-state index contributed by atoms with van der Waals surface area (Å²) < 4.78 is 10.8. The SMILES string of the molecule is COc1ccc(Cl)cc1C(=O)NC1CCCC(OC(=O)Nc2ccccc2)C1. The molecule has 1 aliphatic rings. The lowest BCUT2D eigenvalue weighted by molar-refractivity contribution is 0.0712. The molecule has 3 rings (SSSR count). The number of halogens is 1. The standard InChI is InChI=1S/C21H23ClN2O4/c1-27-19-11-10-14(22)12-18(19)20(25)23-16-8-5-9-17(13-16)28-21(26)24-15-6-3-2-4-7-15/h2-4,6-7,10-12,16-17H,5,8-9,13H2,1H3,(H,23,25)(H,24,26). The van der Waals surface area contributed by atoms with Crippen LogP contribution in [0.5, 0.6) is 5.75 Å². The van der Waals surface area contributed by atoms with E-state index in [2.05, 4.69) is 10.6 Å². The van der Waals surface area contributed by atoms with Crippen LogP contribution in [0.4, 0.5) is 10.5 Å². The zero-order valence-electron chi connectivity index (χ0n) is 15.6. The molecule has 1 fully saturated rings. The molecule has 1 saturated carbocycles. The van der Waals surface area contributed by atoms with E-state index in [9.17, 15) is 9.59 Å². The lowest BCUT2D eigenvalue weighted by Crippen LogP contribution is -2.41. The van der Waals surface area contributed by atoms with E-state index in [1.165, 1.54) is 7.11 Å². The van der Waals surface area contributed by atoms with Crippen LogP contribution in [-0.4, -0.2) is 31.3 Å². The minimum Gasteiger partial charge on any atom is -0.496 e. The normalized spacial score (nSPS) is 18.8. The summed E-state index contributed by atoms with van der Waals surface area (Å²) in [5.74, 6) is 0.214. The number of ether oxygens (including phenoxy) is 2. The number of para-hydroxylation sites is 1. The number of carbonyl (C=O) groups excluding carboxylic acids is 2. The molecule has 6 nitrogen and oxygen atoms in total. The predicted octanol–water partition coefficient (Wildman–Crippen LogP) is 4.64. The molecule has 2 atom stereocenters. The number of rotatable bonds is 5. The molecule has 2 N–H and O–H groups in total. The Kier molecular flexibility index (Phi) is 6.76. The molecular weight excluding hydrogens is 380 g/mol. The van der Waals surface area contributed by atoms with E-state index in [-0.39, 0.29) is 18.1 Å². The maximum atomic E-state index is 12.6. The highest BCUT2D eigenvalue weighted by molar-refractivity contribution is 6.31. The third-order valence-electron chi connectivity index (χ3n) is 4.66. The monoisotopic (exact) mass is 402 g/mol. The minimum absolute atomic E-state index is 0.0838. The van der Waals surface area contributed by atoms with Gasteiger partial charge in [0.15, 0.2) is 0 Å². The summed E-state index contributed by atoms with van der Waals surface area (Å²) in [7, 11) is 1.51. The highest BCUT2D eigenvalue weighted by Crippen LogP contribution is 2.25. The Balaban J connectivity index is 1.55. The van der Waals surface area contributed by atoms with Crippen LogP contribution in [-0.2, 0) is 4.74 Å². The molecule has 0 aliphatic heterocycles. The van der Waals surface area contributed by atoms with Gasteiger partial charge in [-0.1, -0.05) is 29.8 Å². The second-order valence-corrected chi connectivity index (χ2v) is 7.14. The van der Waals surface area contributed by atoms with E-state index in [1.54, 1.807) is 30.3 Å². The van der Waals surface area contributed by atoms with E-state index in [1.807, 2.05) is 18.2 Å². The highest BCUT2D eigenvalue weighted by atomic mass is 35.5. The molecule has 0 aromatic heterocycles. The predicted molar refractivity (Wildman–Crippen MR) is 108 cm³/mol. The molecule has 28 heavy (non-hydrogen) atoms. The van der Waals surface area contributed by atoms with Gasteiger partial charge in [0.25, 0.3) is 5.91 Å². The molecule has 7 heteroatoms. The van der Waals surface area contributed by atoms with Gasteiger partial charge in [0.1, 0.15) is 11.9 Å². The largest absolute Gasteiger partial charge is 0.496 e. The average Bonchev–Trinajstić information content (AvgIpc) is 2.69. The third kappa shape index (κ3) is 5.39. The van der Waals surface area contributed by atoms with Crippen LogP contribution in [0, 0.1) is 0 Å². The van der Waals surface area contributed by atoms with Crippen molar-refractivity contribution >= 4 is 29.3 Å². The van der Waals surface area contributed by atoms with Crippen LogP contribution in [0.25, 0.3) is 0 Å². The summed E-state index contributed by atoms with van der Waals surface area (Å²) in [6.45, 7) is 0. The molecular formula is C21H23ClN2O4. The molecule has 0 bridgehead atoms. The molecule has 0 saturated heterocycles. The van der Waals surface area contributed by atoms with Crippen molar-refractivity contribution in [1.29, 1.82) is 0 Å².